The summed E-state index contributed by atoms with van der Waals surface area (Å²) in [6, 6.07) is 15.3. The number of carbonyl (C=O) groups is 1. The van der Waals surface area contributed by atoms with E-state index in [2.05, 4.69) is 39.8 Å². The highest BCUT2D eigenvalue weighted by molar-refractivity contribution is 7.89. The van der Waals surface area contributed by atoms with Crippen LogP contribution >= 0.6 is 0 Å². The topological polar surface area (TPSA) is 57.7 Å². The van der Waals surface area contributed by atoms with Gasteiger partial charge in [-0.3, -0.25) is 4.79 Å². The van der Waals surface area contributed by atoms with Crippen molar-refractivity contribution in [2.75, 3.05) is 19.6 Å². The van der Waals surface area contributed by atoms with E-state index < -0.39 is 10.0 Å². The molecule has 0 radical (unpaired) electrons. The highest BCUT2D eigenvalue weighted by Crippen LogP contribution is 2.30. The van der Waals surface area contributed by atoms with E-state index in [0.717, 1.165) is 43.2 Å². The lowest BCUT2D eigenvalue weighted by molar-refractivity contribution is -0.134. The largest absolute Gasteiger partial charge is 0.334 e. The average Bonchev–Trinajstić information content (AvgIpc) is 2.80. The Balaban J connectivity index is 1.82. The van der Waals surface area contributed by atoms with E-state index in [-0.39, 0.29) is 28.8 Å². The predicted molar refractivity (Wildman–Crippen MR) is 138 cm³/mol. The van der Waals surface area contributed by atoms with Crippen LogP contribution in [0.3, 0.4) is 0 Å². The molecular weight excluding hydrogens is 444 g/mol. The fourth-order valence-electron chi connectivity index (χ4n) is 4.63. The Morgan fingerprint density at radius 1 is 1.03 bits per heavy atom. The average molecular weight is 485 g/mol. The monoisotopic (exact) mass is 484 g/mol. The van der Waals surface area contributed by atoms with E-state index in [1.54, 1.807) is 12.1 Å². The van der Waals surface area contributed by atoms with Gasteiger partial charge in [0.25, 0.3) is 0 Å². The molecule has 34 heavy (non-hydrogen) atoms. The first-order valence-electron chi connectivity index (χ1n) is 12.5. The van der Waals surface area contributed by atoms with Gasteiger partial charge in [-0.25, -0.2) is 8.42 Å². The Morgan fingerprint density at radius 3 is 2.35 bits per heavy atom. The summed E-state index contributed by atoms with van der Waals surface area (Å²) in [6.45, 7) is 11.3. The minimum absolute atomic E-state index is 0.0568. The second-order valence-electron chi connectivity index (χ2n) is 10.4. The molecule has 1 aliphatic rings. The van der Waals surface area contributed by atoms with Crippen LogP contribution in [0.15, 0.2) is 53.4 Å². The maximum absolute atomic E-state index is 13.6. The lowest BCUT2D eigenvalue weighted by Gasteiger charge is -2.36. The van der Waals surface area contributed by atoms with E-state index >= 15 is 0 Å². The highest BCUT2D eigenvalue weighted by Gasteiger charge is 2.32. The molecule has 1 unspecified atom stereocenters. The molecule has 0 saturated carbocycles. The molecule has 0 fully saturated rings. The van der Waals surface area contributed by atoms with Crippen molar-refractivity contribution < 1.29 is 13.2 Å². The zero-order valence-corrected chi connectivity index (χ0v) is 22.2. The standard InChI is InChI=1S/C28H40N2O3S/c1-6-7-8-11-19-29(34(32,33)25-16-14-24(15-17-25)28(3,4)5)21-27(31)30-20-18-23-12-9-10-13-26(23)22(30)2/h9-10,12-17,22H,6-8,11,18-21H2,1-5H3. The number of unbranched alkanes of at least 4 members (excludes halogenated alkanes) is 3. The minimum atomic E-state index is -3.78. The summed E-state index contributed by atoms with van der Waals surface area (Å²) in [4.78, 5) is 15.5. The van der Waals surface area contributed by atoms with Crippen LogP contribution in [0.2, 0.25) is 0 Å². The molecular formula is C28H40N2O3S. The number of carbonyl (C=O) groups excluding carboxylic acids is 1. The second-order valence-corrected chi connectivity index (χ2v) is 12.3. The van der Waals surface area contributed by atoms with Crippen LogP contribution in [-0.4, -0.2) is 43.2 Å². The fraction of sp³-hybridized carbons (Fsp3) is 0.536. The van der Waals surface area contributed by atoms with Crippen molar-refractivity contribution >= 4 is 15.9 Å². The number of hydrogen-bond acceptors (Lipinski definition) is 3. The van der Waals surface area contributed by atoms with Gasteiger partial charge in [-0.15, -0.1) is 0 Å². The number of rotatable bonds is 9. The number of hydrogen-bond donors (Lipinski definition) is 0. The van der Waals surface area contributed by atoms with Gasteiger partial charge >= 0.3 is 0 Å². The molecule has 186 valence electrons. The minimum Gasteiger partial charge on any atom is -0.334 e. The molecule has 3 rings (SSSR count). The van der Waals surface area contributed by atoms with Crippen molar-refractivity contribution in [3.63, 3.8) is 0 Å². The SMILES string of the molecule is CCCCCCN(CC(=O)N1CCc2ccccc2C1C)S(=O)(=O)c1ccc(C(C)(C)C)cc1. The van der Waals surface area contributed by atoms with Crippen LogP contribution in [-0.2, 0) is 26.7 Å². The van der Waals surface area contributed by atoms with Crippen LogP contribution in [0.5, 0.6) is 0 Å². The van der Waals surface area contributed by atoms with Crippen molar-refractivity contribution in [3.05, 3.63) is 65.2 Å². The quantitative estimate of drug-likeness (QED) is 0.429. The molecule has 2 aromatic rings. The highest BCUT2D eigenvalue weighted by atomic mass is 32.2. The van der Waals surface area contributed by atoms with Gasteiger partial charge in [0.15, 0.2) is 0 Å². The van der Waals surface area contributed by atoms with Gasteiger partial charge in [-0.2, -0.15) is 4.31 Å². The summed E-state index contributed by atoms with van der Waals surface area (Å²) in [5.74, 6) is -0.132. The van der Waals surface area contributed by atoms with Crippen LogP contribution in [0.25, 0.3) is 0 Å². The zero-order valence-electron chi connectivity index (χ0n) is 21.4. The van der Waals surface area contributed by atoms with Crippen LogP contribution in [0.4, 0.5) is 0 Å². The first-order valence-corrected chi connectivity index (χ1v) is 14.0. The molecule has 1 atom stereocenters. The van der Waals surface area contributed by atoms with Gasteiger partial charge in [0.1, 0.15) is 0 Å². The Kier molecular flexibility index (Phi) is 8.58. The summed E-state index contributed by atoms with van der Waals surface area (Å²) < 4.78 is 28.6. The van der Waals surface area contributed by atoms with Crippen molar-refractivity contribution in [1.29, 1.82) is 0 Å². The molecule has 0 saturated heterocycles. The summed E-state index contributed by atoms with van der Waals surface area (Å²) in [5.41, 5.74) is 3.44. The third-order valence-corrected chi connectivity index (χ3v) is 8.71. The Hall–Kier alpha value is -2.18. The normalized spacial score (nSPS) is 16.5. The van der Waals surface area contributed by atoms with E-state index in [4.69, 9.17) is 0 Å². The first kappa shape index (κ1) is 26.4. The van der Waals surface area contributed by atoms with Crippen LogP contribution < -0.4 is 0 Å². The molecule has 1 aliphatic heterocycles. The maximum Gasteiger partial charge on any atom is 0.243 e. The Morgan fingerprint density at radius 2 is 1.71 bits per heavy atom. The van der Waals surface area contributed by atoms with E-state index in [9.17, 15) is 13.2 Å². The first-order chi connectivity index (χ1) is 16.1. The predicted octanol–water partition coefficient (Wildman–Crippen LogP) is 5.70. The summed E-state index contributed by atoms with van der Waals surface area (Å²) >= 11 is 0. The third kappa shape index (κ3) is 6.08. The van der Waals surface area contributed by atoms with Gasteiger partial charge in [0, 0.05) is 13.1 Å². The maximum atomic E-state index is 13.6. The van der Waals surface area contributed by atoms with Crippen LogP contribution in [0, 0.1) is 0 Å². The number of benzene rings is 2. The Labute approximate surface area is 206 Å². The third-order valence-electron chi connectivity index (χ3n) is 6.85. The summed E-state index contributed by atoms with van der Waals surface area (Å²) in [5, 5.41) is 0. The van der Waals surface area contributed by atoms with Crippen molar-refractivity contribution in [2.24, 2.45) is 0 Å². The second kappa shape index (κ2) is 11.0. The fourth-order valence-corrected chi connectivity index (χ4v) is 6.06. The zero-order chi connectivity index (χ0) is 24.9. The number of fused-ring (bicyclic) bond motifs is 1. The Bertz CT molecular complexity index is 1070. The summed E-state index contributed by atoms with van der Waals surface area (Å²) in [7, 11) is -3.78. The molecule has 1 amide bonds. The molecule has 5 nitrogen and oxygen atoms in total. The van der Waals surface area contributed by atoms with Crippen LogP contribution in [0.1, 0.15) is 83.0 Å². The van der Waals surface area contributed by atoms with Crippen molar-refractivity contribution in [3.8, 4) is 0 Å². The van der Waals surface area contributed by atoms with Gasteiger partial charge in [-0.1, -0.05) is 83.4 Å². The lowest BCUT2D eigenvalue weighted by atomic mass is 9.87. The molecule has 0 spiro atoms. The molecule has 0 bridgehead atoms. The molecule has 2 aromatic carbocycles. The van der Waals surface area contributed by atoms with Gasteiger partial charge in [-0.05, 0) is 54.0 Å². The van der Waals surface area contributed by atoms with E-state index in [0.29, 0.717) is 13.1 Å². The molecule has 1 heterocycles. The van der Waals surface area contributed by atoms with Crippen molar-refractivity contribution in [1.82, 2.24) is 9.21 Å². The number of sulfonamides is 1. The molecule has 0 aliphatic carbocycles. The van der Waals surface area contributed by atoms with E-state index in [1.165, 1.54) is 9.87 Å². The van der Waals surface area contributed by atoms with Gasteiger partial charge < -0.3 is 4.90 Å². The smallest absolute Gasteiger partial charge is 0.243 e. The number of nitrogens with zero attached hydrogens (tertiary/aromatic N) is 2. The lowest BCUT2D eigenvalue weighted by Crippen LogP contribution is -2.46. The number of amides is 1. The van der Waals surface area contributed by atoms with Crippen molar-refractivity contribution in [2.45, 2.75) is 83.1 Å². The summed E-state index contributed by atoms with van der Waals surface area (Å²) in [6.07, 6.45) is 4.63. The van der Waals surface area contributed by atoms with Gasteiger partial charge in [0.05, 0.1) is 17.5 Å². The molecule has 6 heteroatoms. The molecule has 0 aromatic heterocycles. The van der Waals surface area contributed by atoms with Gasteiger partial charge in [0.2, 0.25) is 15.9 Å². The van der Waals surface area contributed by atoms with E-state index in [1.807, 2.05) is 36.1 Å². The molecule has 0 N–H and O–H groups in total.